The van der Waals surface area contributed by atoms with Gasteiger partial charge in [0.25, 0.3) is 0 Å². The van der Waals surface area contributed by atoms with Gasteiger partial charge in [0, 0.05) is 59.1 Å². The molecule has 0 radical (unpaired) electrons. The fourth-order valence-electron chi connectivity index (χ4n) is 12.6. The summed E-state index contributed by atoms with van der Waals surface area (Å²) in [6, 6.07) is 61.1. The molecule has 1 spiro atoms. The van der Waals surface area contributed by atoms with Crippen molar-refractivity contribution in [2.24, 2.45) is 0 Å². The third-order valence-corrected chi connectivity index (χ3v) is 18.5. The molecule has 2 aromatic heterocycles. The van der Waals surface area contributed by atoms with Gasteiger partial charge in [-0.3, -0.25) is 0 Å². The van der Waals surface area contributed by atoms with Crippen molar-refractivity contribution in [3.63, 3.8) is 0 Å². The van der Waals surface area contributed by atoms with E-state index >= 15 is 0 Å². The summed E-state index contributed by atoms with van der Waals surface area (Å²) in [6.45, 7) is 4.44. The molecule has 0 fully saturated rings. The molecule has 14 rings (SSSR count). The van der Waals surface area contributed by atoms with Gasteiger partial charge in [0.15, 0.2) is 0 Å². The van der Waals surface area contributed by atoms with Gasteiger partial charge in [-0.15, -0.1) is 22.7 Å². The molecule has 0 unspecified atom stereocenters. The van der Waals surface area contributed by atoms with Crippen molar-refractivity contribution in [3.8, 4) is 11.1 Å². The van der Waals surface area contributed by atoms with Crippen LogP contribution in [0.4, 0.5) is 69.2 Å². The third-order valence-electron chi connectivity index (χ3n) is 15.9. The minimum Gasteiger partial charge on any atom is -0.309 e. The van der Waals surface area contributed by atoms with E-state index in [1.165, 1.54) is 36.4 Å². The van der Waals surface area contributed by atoms with Gasteiger partial charge in [0.05, 0.1) is 37.3 Å². The Morgan fingerprint density at radius 3 is 1.08 bits per heavy atom. The second-order valence-electron chi connectivity index (χ2n) is 20.4. The molecule has 2 heterocycles. The number of rotatable bonds is 6. The summed E-state index contributed by atoms with van der Waals surface area (Å²) in [5.41, 5.74) is 8.76. The zero-order valence-electron chi connectivity index (χ0n) is 41.4. The summed E-state index contributed by atoms with van der Waals surface area (Å²) in [7, 11) is 0. The van der Waals surface area contributed by atoms with E-state index in [0.29, 0.717) is 65.1 Å². The molecule has 2 nitrogen and oxygen atoms in total. The van der Waals surface area contributed by atoms with Gasteiger partial charge < -0.3 is 9.80 Å². The van der Waals surface area contributed by atoms with Crippen LogP contribution in [-0.2, 0) is 23.2 Å². The highest BCUT2D eigenvalue weighted by atomic mass is 32.1. The quantitative estimate of drug-likeness (QED) is 0.153. The highest BCUT2D eigenvalue weighted by molar-refractivity contribution is 7.27. The summed E-state index contributed by atoms with van der Waals surface area (Å²) in [4.78, 5) is 3.98. The summed E-state index contributed by atoms with van der Waals surface area (Å²) >= 11 is 2.15. The monoisotopic (exact) mass is 1080 g/mol. The van der Waals surface area contributed by atoms with E-state index in [1.807, 2.05) is 82.6 Å². The first-order chi connectivity index (χ1) is 37.5. The number of alkyl halides is 6. The Balaban J connectivity index is 1.05. The van der Waals surface area contributed by atoms with Crippen LogP contribution in [0.5, 0.6) is 0 Å². The summed E-state index contributed by atoms with van der Waals surface area (Å²) in [5.74, 6) is -0.898. The Kier molecular flexibility index (Phi) is 10.5. The van der Waals surface area contributed by atoms with Crippen LogP contribution in [0.3, 0.4) is 0 Å². The normalized spacial score (nSPS) is 14.2. The Labute approximate surface area is 450 Å². The number of thiophene rings is 2. The maximum Gasteiger partial charge on any atom is 0.417 e. The topological polar surface area (TPSA) is 6.48 Å². The fraction of sp³-hybridized carbons (Fsp3) is 0.0909. The van der Waals surface area contributed by atoms with Gasteiger partial charge in [0.2, 0.25) is 0 Å². The number of fused-ring (bicyclic) bond motifs is 15. The van der Waals surface area contributed by atoms with Crippen LogP contribution in [0.15, 0.2) is 206 Å². The summed E-state index contributed by atoms with van der Waals surface area (Å²) in [5, 5.41) is 2.26. The van der Waals surface area contributed by atoms with E-state index < -0.39 is 45.9 Å². The van der Waals surface area contributed by atoms with E-state index in [1.54, 1.807) is 36.4 Å². The highest BCUT2D eigenvalue weighted by Crippen LogP contribution is 2.64. The minimum atomic E-state index is -4.59. The van der Waals surface area contributed by atoms with Crippen molar-refractivity contribution in [2.45, 2.75) is 37.0 Å². The van der Waals surface area contributed by atoms with Gasteiger partial charge >= 0.3 is 12.4 Å². The lowest BCUT2D eigenvalue weighted by Gasteiger charge is -2.47. The standard InChI is InChI=1S/C66H40F8N2S2/c1-63(2)49-15-3-5-17-51(49)64(52-18-6-4-16-50(52)63)55-35-41(75(39-27-23-37(67)24-28-39)57-21-9-13-47-45-11-7-19-53(65(69,70)71)59(45)77-61(47)57)31-33-43(55)44-34-32-42(36-56(44)64)76(40-29-25-38(68)26-30-40)58-22-10-14-48-46-12-8-20-54(66(72,73)74)60(46)78-62(48)58/h3-36H,1-2H3. The Morgan fingerprint density at radius 1 is 0.346 bits per heavy atom. The third kappa shape index (κ3) is 6.98. The molecule has 78 heavy (non-hydrogen) atoms. The molecule has 12 heteroatoms. The van der Waals surface area contributed by atoms with Crippen molar-refractivity contribution in [3.05, 3.63) is 262 Å². The van der Waals surface area contributed by atoms with Gasteiger partial charge in [-0.1, -0.05) is 123 Å². The van der Waals surface area contributed by atoms with Crippen LogP contribution in [0.1, 0.15) is 58.4 Å². The minimum absolute atomic E-state index is 0.119. The largest absolute Gasteiger partial charge is 0.417 e. The molecule has 382 valence electrons. The van der Waals surface area contributed by atoms with Crippen LogP contribution >= 0.6 is 22.7 Å². The number of anilines is 6. The lowest BCUT2D eigenvalue weighted by atomic mass is 9.55. The van der Waals surface area contributed by atoms with Crippen LogP contribution in [0, 0.1) is 11.6 Å². The molecule has 0 N–H and O–H groups in total. The van der Waals surface area contributed by atoms with Crippen molar-refractivity contribution in [2.75, 3.05) is 9.80 Å². The zero-order valence-corrected chi connectivity index (χ0v) is 43.0. The van der Waals surface area contributed by atoms with Gasteiger partial charge in [0.1, 0.15) is 11.6 Å². The predicted octanol–water partition coefficient (Wildman–Crippen LogP) is 20.7. The van der Waals surface area contributed by atoms with Crippen LogP contribution in [0.2, 0.25) is 0 Å². The van der Waals surface area contributed by atoms with Crippen LogP contribution in [0.25, 0.3) is 51.5 Å². The smallest absolute Gasteiger partial charge is 0.309 e. The molecule has 0 bridgehead atoms. The average Bonchev–Trinajstić information content (AvgIpc) is 2.97. The maximum atomic E-state index is 14.9. The van der Waals surface area contributed by atoms with E-state index in [0.717, 1.165) is 79.3 Å². The van der Waals surface area contributed by atoms with Gasteiger partial charge in [-0.2, -0.15) is 26.3 Å². The molecule has 2 aliphatic rings. The Morgan fingerprint density at radius 2 is 0.692 bits per heavy atom. The van der Waals surface area contributed by atoms with Crippen molar-refractivity contribution in [1.29, 1.82) is 0 Å². The number of hydrogen-bond acceptors (Lipinski definition) is 4. The number of benzene rings is 10. The number of nitrogens with zero attached hydrogens (tertiary/aromatic N) is 2. The lowest BCUT2D eigenvalue weighted by molar-refractivity contribution is -0.137. The molecule has 0 saturated carbocycles. The molecular formula is C66H40F8N2S2. The maximum absolute atomic E-state index is 14.9. The fourth-order valence-corrected chi connectivity index (χ4v) is 15.3. The number of halogens is 8. The van der Waals surface area contributed by atoms with Gasteiger partial charge in [-0.05, 0) is 142 Å². The molecular weight excluding hydrogens is 1040 g/mol. The van der Waals surface area contributed by atoms with Crippen LogP contribution < -0.4 is 9.80 Å². The van der Waals surface area contributed by atoms with E-state index in [2.05, 4.69) is 62.4 Å². The SMILES string of the molecule is CC1(C)c2ccccc2C2(c3cc(N(c4ccc(F)cc4)c4cccc5c4sc4c(C(F)(F)F)cccc45)ccc3-c3ccc(N(c4ccc(F)cc4)c4cccc5c4sc4c(C(F)(F)F)cccc45)cc32)c2ccccc21. The molecule has 2 aliphatic carbocycles. The summed E-state index contributed by atoms with van der Waals surface area (Å²) < 4.78 is 119. The average molecular weight is 1080 g/mol. The second kappa shape index (κ2) is 17.1. The van der Waals surface area contributed by atoms with E-state index in [-0.39, 0.29) is 9.40 Å². The zero-order chi connectivity index (χ0) is 53.6. The first-order valence-electron chi connectivity index (χ1n) is 25.2. The lowest BCUT2D eigenvalue weighted by Crippen LogP contribution is -2.40. The van der Waals surface area contributed by atoms with Crippen molar-refractivity contribution >= 4 is 97.1 Å². The Bertz CT molecular complexity index is 4150. The van der Waals surface area contributed by atoms with Crippen LogP contribution in [-0.4, -0.2) is 0 Å². The predicted molar refractivity (Wildman–Crippen MR) is 301 cm³/mol. The van der Waals surface area contributed by atoms with Gasteiger partial charge in [-0.25, -0.2) is 8.78 Å². The van der Waals surface area contributed by atoms with Crippen molar-refractivity contribution in [1.82, 2.24) is 0 Å². The first kappa shape index (κ1) is 48.1. The number of hydrogen-bond donors (Lipinski definition) is 0. The summed E-state index contributed by atoms with van der Waals surface area (Å²) in [6.07, 6.45) is -9.19. The second-order valence-corrected chi connectivity index (χ2v) is 22.5. The van der Waals surface area contributed by atoms with E-state index in [4.69, 9.17) is 0 Å². The molecule has 0 atom stereocenters. The molecule has 0 aliphatic heterocycles. The molecule has 12 aromatic rings. The molecule has 10 aromatic carbocycles. The molecule has 0 amide bonds. The van der Waals surface area contributed by atoms with Crippen molar-refractivity contribution < 1.29 is 35.1 Å². The molecule has 0 saturated heterocycles. The highest BCUT2D eigenvalue weighted by Gasteiger charge is 2.54. The first-order valence-corrected chi connectivity index (χ1v) is 26.8. The Hall–Kier alpha value is -8.32. The van der Waals surface area contributed by atoms with E-state index in [9.17, 15) is 35.1 Å².